The molecule has 0 amide bonds. The van der Waals surface area contributed by atoms with Crippen LogP contribution in [0.15, 0.2) is 29.0 Å². The quantitative estimate of drug-likeness (QED) is 0.896. The fraction of sp³-hybridized carbons (Fsp3) is 0.182. The molecule has 0 aliphatic heterocycles. The molecule has 3 N–H and O–H groups in total. The first-order chi connectivity index (χ1) is 7.59. The molecule has 0 aliphatic carbocycles. The van der Waals surface area contributed by atoms with Crippen LogP contribution in [-0.4, -0.2) is 10.1 Å². The van der Waals surface area contributed by atoms with Crippen LogP contribution < -0.4 is 5.73 Å². The smallest absolute Gasteiger partial charge is 0.117 e. The first-order valence-corrected chi connectivity index (χ1v) is 6.34. The van der Waals surface area contributed by atoms with Crippen LogP contribution in [0.25, 0.3) is 0 Å². The van der Waals surface area contributed by atoms with Crippen LogP contribution in [0.5, 0.6) is 0 Å². The number of anilines is 1. The number of hydrogen-bond acceptors (Lipinski definition) is 4. The van der Waals surface area contributed by atoms with Crippen molar-refractivity contribution in [1.29, 1.82) is 0 Å². The monoisotopic (exact) mass is 298 g/mol. The van der Waals surface area contributed by atoms with Crippen LogP contribution in [0.3, 0.4) is 0 Å². The van der Waals surface area contributed by atoms with Crippen LogP contribution in [0.4, 0.5) is 5.69 Å². The maximum absolute atomic E-state index is 10.2. The molecule has 1 unspecified atom stereocenters. The highest BCUT2D eigenvalue weighted by Crippen LogP contribution is 2.34. The lowest BCUT2D eigenvalue weighted by Crippen LogP contribution is -2.02. The SMILES string of the molecule is Cc1sc(C(O)c2cnccc2N)cc1Br. The Labute approximate surface area is 106 Å². The Morgan fingerprint density at radius 2 is 2.31 bits per heavy atom. The molecular formula is C11H11BrN2OS. The van der Waals surface area contributed by atoms with Gasteiger partial charge in [0.25, 0.3) is 0 Å². The number of thiophene rings is 1. The summed E-state index contributed by atoms with van der Waals surface area (Å²) in [4.78, 5) is 5.97. The van der Waals surface area contributed by atoms with Crippen molar-refractivity contribution in [3.63, 3.8) is 0 Å². The van der Waals surface area contributed by atoms with Gasteiger partial charge in [0, 0.05) is 37.9 Å². The van der Waals surface area contributed by atoms with E-state index in [2.05, 4.69) is 20.9 Å². The molecule has 2 rings (SSSR count). The second-order valence-corrected chi connectivity index (χ2v) is 5.60. The zero-order valence-corrected chi connectivity index (χ0v) is 11.0. The van der Waals surface area contributed by atoms with E-state index in [1.807, 2.05) is 13.0 Å². The van der Waals surface area contributed by atoms with Gasteiger partial charge in [0.05, 0.1) is 0 Å². The van der Waals surface area contributed by atoms with Gasteiger partial charge in [-0.2, -0.15) is 0 Å². The summed E-state index contributed by atoms with van der Waals surface area (Å²) in [6.07, 6.45) is 2.51. The molecule has 2 aromatic rings. The number of aryl methyl sites for hydroxylation is 1. The normalized spacial score (nSPS) is 12.7. The number of aromatic nitrogens is 1. The fourth-order valence-corrected chi connectivity index (χ4v) is 2.98. The summed E-state index contributed by atoms with van der Waals surface area (Å²) in [6.45, 7) is 2.00. The molecule has 2 heterocycles. The summed E-state index contributed by atoms with van der Waals surface area (Å²) in [5.41, 5.74) is 7.01. The second kappa shape index (κ2) is 4.53. The summed E-state index contributed by atoms with van der Waals surface area (Å²) in [5, 5.41) is 10.2. The third kappa shape index (κ3) is 2.11. The summed E-state index contributed by atoms with van der Waals surface area (Å²) in [7, 11) is 0. The van der Waals surface area contributed by atoms with Crippen LogP contribution in [0.1, 0.15) is 21.4 Å². The van der Waals surface area contributed by atoms with Crippen LogP contribution in [0, 0.1) is 6.92 Å². The van der Waals surface area contributed by atoms with Crippen molar-refractivity contribution in [3.8, 4) is 0 Å². The minimum Gasteiger partial charge on any atom is -0.398 e. The van der Waals surface area contributed by atoms with Gasteiger partial charge in [-0.1, -0.05) is 0 Å². The maximum atomic E-state index is 10.2. The highest BCUT2D eigenvalue weighted by molar-refractivity contribution is 9.10. The van der Waals surface area contributed by atoms with E-state index in [1.54, 1.807) is 29.8 Å². The molecule has 0 bridgehead atoms. The van der Waals surface area contributed by atoms with Gasteiger partial charge in [-0.05, 0) is 35.0 Å². The van der Waals surface area contributed by atoms with E-state index in [9.17, 15) is 5.11 Å². The van der Waals surface area contributed by atoms with E-state index in [-0.39, 0.29) is 0 Å². The zero-order valence-electron chi connectivity index (χ0n) is 8.64. The number of rotatable bonds is 2. The van der Waals surface area contributed by atoms with Gasteiger partial charge in [-0.25, -0.2) is 0 Å². The summed E-state index contributed by atoms with van der Waals surface area (Å²) in [6, 6.07) is 3.60. The van der Waals surface area contributed by atoms with Gasteiger partial charge in [0.1, 0.15) is 6.10 Å². The Bertz CT molecular complexity index is 493. The molecule has 84 valence electrons. The van der Waals surface area contributed by atoms with E-state index in [0.29, 0.717) is 11.3 Å². The Morgan fingerprint density at radius 3 is 2.88 bits per heavy atom. The topological polar surface area (TPSA) is 59.1 Å². The van der Waals surface area contributed by atoms with Crippen molar-refractivity contribution in [2.24, 2.45) is 0 Å². The molecule has 5 heteroatoms. The Kier molecular flexibility index (Phi) is 3.28. The number of nitrogens with zero attached hydrogens (tertiary/aromatic N) is 1. The zero-order chi connectivity index (χ0) is 11.7. The Balaban J connectivity index is 2.39. The standard InChI is InChI=1S/C11H11BrN2OS/c1-6-8(12)4-10(16-6)11(15)7-5-14-3-2-9(7)13/h2-5,11,15H,1H3,(H2,13,14). The lowest BCUT2D eigenvalue weighted by Gasteiger charge is -2.10. The molecular weight excluding hydrogens is 288 g/mol. The first-order valence-electron chi connectivity index (χ1n) is 4.73. The number of hydrogen-bond donors (Lipinski definition) is 2. The highest BCUT2D eigenvalue weighted by atomic mass is 79.9. The molecule has 2 aromatic heterocycles. The number of nitrogens with two attached hydrogens (primary N) is 1. The largest absolute Gasteiger partial charge is 0.398 e. The van der Waals surface area contributed by atoms with Crippen molar-refractivity contribution in [3.05, 3.63) is 44.3 Å². The van der Waals surface area contributed by atoms with Gasteiger partial charge >= 0.3 is 0 Å². The van der Waals surface area contributed by atoms with Crippen molar-refractivity contribution in [1.82, 2.24) is 4.98 Å². The van der Waals surface area contributed by atoms with Crippen LogP contribution in [0.2, 0.25) is 0 Å². The highest BCUT2D eigenvalue weighted by Gasteiger charge is 2.16. The van der Waals surface area contributed by atoms with Gasteiger partial charge in [0.2, 0.25) is 0 Å². The molecule has 0 spiro atoms. The lowest BCUT2D eigenvalue weighted by atomic mass is 10.1. The average molecular weight is 299 g/mol. The van der Waals surface area contributed by atoms with Crippen LogP contribution >= 0.6 is 27.3 Å². The van der Waals surface area contributed by atoms with E-state index < -0.39 is 6.10 Å². The molecule has 0 aromatic carbocycles. The van der Waals surface area contributed by atoms with E-state index in [1.165, 1.54) is 0 Å². The maximum Gasteiger partial charge on any atom is 0.117 e. The second-order valence-electron chi connectivity index (χ2n) is 3.46. The molecule has 0 radical (unpaired) electrons. The summed E-state index contributed by atoms with van der Waals surface area (Å²) >= 11 is 4.97. The third-order valence-corrected chi connectivity index (χ3v) is 4.52. The van der Waals surface area contributed by atoms with Crippen molar-refractivity contribution >= 4 is 33.0 Å². The number of halogens is 1. The van der Waals surface area contributed by atoms with Crippen molar-refractivity contribution in [2.75, 3.05) is 5.73 Å². The minimum absolute atomic E-state index is 0.560. The van der Waals surface area contributed by atoms with Crippen molar-refractivity contribution < 1.29 is 5.11 Å². The van der Waals surface area contributed by atoms with Crippen molar-refractivity contribution in [2.45, 2.75) is 13.0 Å². The van der Waals surface area contributed by atoms with Gasteiger partial charge in [-0.3, -0.25) is 4.98 Å². The number of aliphatic hydroxyl groups excluding tert-OH is 1. The van der Waals surface area contributed by atoms with E-state index in [0.717, 1.165) is 14.2 Å². The van der Waals surface area contributed by atoms with E-state index in [4.69, 9.17) is 5.73 Å². The van der Waals surface area contributed by atoms with Gasteiger partial charge < -0.3 is 10.8 Å². The third-order valence-electron chi connectivity index (χ3n) is 2.33. The Hall–Kier alpha value is -0.910. The first kappa shape index (κ1) is 11.6. The molecule has 0 fully saturated rings. The van der Waals surface area contributed by atoms with Crippen LogP contribution in [-0.2, 0) is 0 Å². The molecule has 16 heavy (non-hydrogen) atoms. The summed E-state index contributed by atoms with van der Waals surface area (Å²) in [5.74, 6) is 0. The lowest BCUT2D eigenvalue weighted by molar-refractivity contribution is 0.224. The van der Waals surface area contributed by atoms with Gasteiger partial charge in [0.15, 0.2) is 0 Å². The number of nitrogen functional groups attached to an aromatic ring is 1. The fourth-order valence-electron chi connectivity index (χ4n) is 1.42. The summed E-state index contributed by atoms with van der Waals surface area (Å²) < 4.78 is 1.01. The predicted octanol–water partition coefficient (Wildman–Crippen LogP) is 2.88. The number of aliphatic hydroxyl groups is 1. The van der Waals surface area contributed by atoms with E-state index >= 15 is 0 Å². The molecule has 1 atom stereocenters. The molecule has 0 saturated heterocycles. The molecule has 3 nitrogen and oxygen atoms in total. The molecule has 0 saturated carbocycles. The minimum atomic E-state index is -0.705. The Morgan fingerprint density at radius 1 is 1.56 bits per heavy atom. The predicted molar refractivity (Wildman–Crippen MR) is 69.5 cm³/mol. The average Bonchev–Trinajstić information content (AvgIpc) is 2.59. The number of pyridine rings is 1. The van der Waals surface area contributed by atoms with Gasteiger partial charge in [-0.15, -0.1) is 11.3 Å². The molecule has 0 aliphatic rings.